The zero-order chi connectivity index (χ0) is 19.1. The first-order valence-electron chi connectivity index (χ1n) is 7.58. The molecule has 5 nitrogen and oxygen atoms in total. The molecule has 0 fully saturated rings. The molecule has 2 rings (SSSR count). The van der Waals surface area contributed by atoms with E-state index in [4.69, 9.17) is 21.6 Å². The highest BCUT2D eigenvalue weighted by Gasteiger charge is 2.22. The second-order valence-electron chi connectivity index (χ2n) is 4.97. The van der Waals surface area contributed by atoms with Crippen LogP contribution in [0.25, 0.3) is 6.08 Å². The van der Waals surface area contributed by atoms with Crippen LogP contribution < -0.4 is 5.32 Å². The van der Waals surface area contributed by atoms with E-state index in [0.29, 0.717) is 30.9 Å². The van der Waals surface area contributed by atoms with E-state index in [1.807, 2.05) is 11.5 Å². The fraction of sp³-hybridized carbons (Fsp3) is 0.167. The Balaban J connectivity index is 2.23. The van der Waals surface area contributed by atoms with Crippen molar-refractivity contribution in [1.82, 2.24) is 0 Å². The van der Waals surface area contributed by atoms with Crippen molar-refractivity contribution in [3.8, 4) is 5.40 Å². The fourth-order valence-electron chi connectivity index (χ4n) is 2.07. The number of carbonyl (C=O) groups is 2. The van der Waals surface area contributed by atoms with Crippen LogP contribution in [0.2, 0.25) is 5.02 Å². The molecule has 0 saturated heterocycles. The summed E-state index contributed by atoms with van der Waals surface area (Å²) in [6, 6.07) is 7.14. The van der Waals surface area contributed by atoms with Crippen molar-refractivity contribution in [3.05, 3.63) is 51.4 Å². The van der Waals surface area contributed by atoms with Crippen LogP contribution >= 0.6 is 34.7 Å². The van der Waals surface area contributed by atoms with Gasteiger partial charge in [-0.15, -0.1) is 11.3 Å². The predicted octanol–water partition coefficient (Wildman–Crippen LogP) is 5.11. The Morgan fingerprint density at radius 1 is 1.42 bits per heavy atom. The first kappa shape index (κ1) is 20.0. The molecule has 0 aliphatic rings. The van der Waals surface area contributed by atoms with E-state index in [-0.39, 0.29) is 12.5 Å². The SMILES string of the molecule is CCOC(=O)c1sc(NC(=O)/C=C/c2ccccc2Cl)c(SC#N)c1C. The van der Waals surface area contributed by atoms with Gasteiger partial charge in [0.05, 0.1) is 11.5 Å². The molecule has 0 unspecified atom stereocenters. The average molecular weight is 407 g/mol. The second-order valence-corrected chi connectivity index (χ2v) is 7.20. The smallest absolute Gasteiger partial charge is 0.348 e. The number of ether oxygens (including phenoxy) is 1. The van der Waals surface area contributed by atoms with E-state index in [2.05, 4.69) is 5.32 Å². The Bertz CT molecular complexity index is 900. The third-order valence-electron chi connectivity index (χ3n) is 3.26. The Morgan fingerprint density at radius 2 is 2.15 bits per heavy atom. The van der Waals surface area contributed by atoms with Gasteiger partial charge in [-0.05, 0) is 48.9 Å². The van der Waals surface area contributed by atoms with Crippen molar-refractivity contribution in [1.29, 1.82) is 5.26 Å². The van der Waals surface area contributed by atoms with Crippen LogP contribution in [-0.4, -0.2) is 18.5 Å². The number of esters is 1. The lowest BCUT2D eigenvalue weighted by molar-refractivity contribution is -0.111. The van der Waals surface area contributed by atoms with Gasteiger partial charge < -0.3 is 10.1 Å². The highest BCUT2D eigenvalue weighted by molar-refractivity contribution is 8.04. The van der Waals surface area contributed by atoms with Crippen LogP contribution in [0.4, 0.5) is 5.00 Å². The van der Waals surface area contributed by atoms with Crippen LogP contribution in [0.3, 0.4) is 0 Å². The number of nitriles is 1. The van der Waals surface area contributed by atoms with E-state index in [1.165, 1.54) is 6.08 Å². The number of carbonyl (C=O) groups excluding carboxylic acids is 2. The number of halogens is 1. The molecule has 0 aliphatic carbocycles. The summed E-state index contributed by atoms with van der Waals surface area (Å²) >= 11 is 8.03. The first-order valence-corrected chi connectivity index (χ1v) is 9.59. The van der Waals surface area contributed by atoms with Gasteiger partial charge in [0.1, 0.15) is 15.3 Å². The van der Waals surface area contributed by atoms with E-state index in [0.717, 1.165) is 23.1 Å². The van der Waals surface area contributed by atoms with Crippen molar-refractivity contribution < 1.29 is 14.3 Å². The number of amides is 1. The molecule has 2 aromatic rings. The van der Waals surface area contributed by atoms with E-state index < -0.39 is 5.97 Å². The Labute approximate surface area is 164 Å². The highest BCUT2D eigenvalue weighted by Crippen LogP contribution is 2.40. The quantitative estimate of drug-likeness (QED) is 0.312. The molecule has 1 amide bonds. The number of nitrogens with zero attached hydrogens (tertiary/aromatic N) is 1. The number of thiocyanates is 1. The van der Waals surface area contributed by atoms with Gasteiger partial charge in [0.25, 0.3) is 0 Å². The van der Waals surface area contributed by atoms with E-state index in [1.54, 1.807) is 38.1 Å². The minimum absolute atomic E-state index is 0.249. The number of thiophene rings is 1. The lowest BCUT2D eigenvalue weighted by Crippen LogP contribution is -2.07. The summed E-state index contributed by atoms with van der Waals surface area (Å²) < 4.78 is 5.02. The van der Waals surface area contributed by atoms with Gasteiger partial charge in [-0.1, -0.05) is 29.8 Å². The van der Waals surface area contributed by atoms with Crippen LogP contribution in [0.1, 0.15) is 27.7 Å². The largest absolute Gasteiger partial charge is 0.462 e. The summed E-state index contributed by atoms with van der Waals surface area (Å²) in [5, 5.41) is 14.7. The number of rotatable bonds is 6. The minimum atomic E-state index is -0.470. The summed E-state index contributed by atoms with van der Waals surface area (Å²) in [6.07, 6.45) is 2.95. The van der Waals surface area contributed by atoms with Crippen molar-refractivity contribution in [2.75, 3.05) is 11.9 Å². The first-order chi connectivity index (χ1) is 12.5. The summed E-state index contributed by atoms with van der Waals surface area (Å²) in [6.45, 7) is 3.69. The Morgan fingerprint density at radius 3 is 2.81 bits per heavy atom. The lowest BCUT2D eigenvalue weighted by atomic mass is 10.2. The second kappa shape index (κ2) is 9.43. The molecular weight excluding hydrogens is 392 g/mol. The van der Waals surface area contributed by atoms with Crippen LogP contribution in [0.5, 0.6) is 0 Å². The van der Waals surface area contributed by atoms with Crippen LogP contribution in [-0.2, 0) is 9.53 Å². The van der Waals surface area contributed by atoms with E-state index in [9.17, 15) is 9.59 Å². The summed E-state index contributed by atoms with van der Waals surface area (Å²) in [5.41, 5.74) is 1.33. The van der Waals surface area contributed by atoms with Crippen molar-refractivity contribution in [3.63, 3.8) is 0 Å². The predicted molar refractivity (Wildman–Crippen MR) is 106 cm³/mol. The van der Waals surface area contributed by atoms with Crippen molar-refractivity contribution in [2.45, 2.75) is 18.7 Å². The molecule has 1 aromatic heterocycles. The topological polar surface area (TPSA) is 79.2 Å². The average Bonchev–Trinajstić information content (AvgIpc) is 2.91. The molecule has 0 saturated carbocycles. The maximum atomic E-state index is 12.2. The molecular formula is C18H15ClN2O3S2. The molecule has 1 aromatic carbocycles. The van der Waals surface area contributed by atoms with Crippen molar-refractivity contribution >= 4 is 57.7 Å². The van der Waals surface area contributed by atoms with Gasteiger partial charge >= 0.3 is 5.97 Å². The van der Waals surface area contributed by atoms with Crippen LogP contribution in [0.15, 0.2) is 35.2 Å². The van der Waals surface area contributed by atoms with Crippen LogP contribution in [0, 0.1) is 17.6 Å². The van der Waals surface area contributed by atoms with Gasteiger partial charge in [0, 0.05) is 11.1 Å². The third-order valence-corrected chi connectivity index (χ3v) is 5.72. The molecule has 0 spiro atoms. The molecule has 0 bridgehead atoms. The summed E-state index contributed by atoms with van der Waals surface area (Å²) in [7, 11) is 0. The van der Waals surface area contributed by atoms with Gasteiger partial charge in [-0.25, -0.2) is 4.79 Å². The molecule has 26 heavy (non-hydrogen) atoms. The standard InChI is InChI=1S/C18H15ClN2O3S2/c1-3-24-18(23)16-11(2)15(25-10-20)17(26-16)21-14(22)9-8-12-6-4-5-7-13(12)19/h4-9H,3H2,1-2H3,(H,21,22)/b9-8+. The monoisotopic (exact) mass is 406 g/mol. The third kappa shape index (κ3) is 4.88. The maximum absolute atomic E-state index is 12.2. The number of hydrogen-bond acceptors (Lipinski definition) is 6. The zero-order valence-corrected chi connectivity index (χ0v) is 16.4. The molecule has 8 heteroatoms. The summed E-state index contributed by atoms with van der Waals surface area (Å²) in [5.74, 6) is -0.858. The summed E-state index contributed by atoms with van der Waals surface area (Å²) in [4.78, 5) is 25.2. The molecule has 0 radical (unpaired) electrons. The molecule has 134 valence electrons. The maximum Gasteiger partial charge on any atom is 0.348 e. The number of hydrogen-bond donors (Lipinski definition) is 1. The number of thioether (sulfide) groups is 1. The van der Waals surface area contributed by atoms with Crippen molar-refractivity contribution in [2.24, 2.45) is 0 Å². The molecule has 0 atom stereocenters. The Kier molecular flexibility index (Phi) is 7.27. The molecule has 0 aliphatic heterocycles. The Hall–Kier alpha value is -2.27. The molecule has 1 N–H and O–H groups in total. The highest BCUT2D eigenvalue weighted by atomic mass is 35.5. The number of anilines is 1. The van der Waals surface area contributed by atoms with Gasteiger partial charge in [-0.2, -0.15) is 5.26 Å². The van der Waals surface area contributed by atoms with Gasteiger partial charge in [0.2, 0.25) is 5.91 Å². The zero-order valence-electron chi connectivity index (χ0n) is 14.0. The van der Waals surface area contributed by atoms with E-state index >= 15 is 0 Å². The number of benzene rings is 1. The van der Waals surface area contributed by atoms with Gasteiger partial charge in [0.15, 0.2) is 0 Å². The minimum Gasteiger partial charge on any atom is -0.462 e. The number of nitrogens with one attached hydrogen (secondary N) is 1. The fourth-order valence-corrected chi connectivity index (χ4v) is 4.07. The molecule has 1 heterocycles. The normalized spacial score (nSPS) is 10.5. The lowest BCUT2D eigenvalue weighted by Gasteiger charge is -2.01. The van der Waals surface area contributed by atoms with Gasteiger partial charge in [-0.3, -0.25) is 4.79 Å².